The summed E-state index contributed by atoms with van der Waals surface area (Å²) in [6.07, 6.45) is 6.65. The van der Waals surface area contributed by atoms with E-state index in [-0.39, 0.29) is 11.3 Å². The number of rotatable bonds is 3. The SMILES string of the molecule is C[C@@H](O)CNC(=O)C12CC3CC(C)(CC(C)(C3)C1)C2. The lowest BCUT2D eigenvalue weighted by molar-refractivity contribution is -0.170. The van der Waals surface area contributed by atoms with E-state index in [2.05, 4.69) is 19.2 Å². The Morgan fingerprint density at radius 2 is 1.79 bits per heavy atom. The highest BCUT2D eigenvalue weighted by Gasteiger charge is 2.62. The van der Waals surface area contributed by atoms with Gasteiger partial charge in [-0.3, -0.25) is 4.79 Å². The standard InChI is InChI=1S/C16H27NO2/c1-11(18)7-17-13(19)16-6-12-4-14(2,9-16)8-15(3,5-12)10-16/h11-12,18H,4-10H2,1-3H3,(H,17,19)/t11-,12?,14?,15?,16?/m1/s1. The largest absolute Gasteiger partial charge is 0.392 e. The molecule has 4 aliphatic rings. The normalized spacial score (nSPS) is 49.2. The van der Waals surface area contributed by atoms with Crippen LogP contribution in [0.15, 0.2) is 0 Å². The molecule has 19 heavy (non-hydrogen) atoms. The Morgan fingerprint density at radius 3 is 2.26 bits per heavy atom. The summed E-state index contributed by atoms with van der Waals surface area (Å²) in [5.74, 6) is 0.943. The van der Waals surface area contributed by atoms with Gasteiger partial charge in [0, 0.05) is 6.54 Å². The summed E-state index contributed by atoms with van der Waals surface area (Å²) in [6.45, 7) is 6.88. The van der Waals surface area contributed by atoms with Crippen LogP contribution in [0.4, 0.5) is 0 Å². The third-order valence-corrected chi connectivity index (χ3v) is 5.67. The first kappa shape index (κ1) is 13.4. The highest BCUT2D eigenvalue weighted by Crippen LogP contribution is 2.69. The second-order valence-electron chi connectivity index (χ2n) is 8.47. The van der Waals surface area contributed by atoms with E-state index in [9.17, 15) is 9.90 Å². The van der Waals surface area contributed by atoms with Crippen LogP contribution in [0.25, 0.3) is 0 Å². The number of hydrogen-bond donors (Lipinski definition) is 2. The van der Waals surface area contributed by atoms with E-state index >= 15 is 0 Å². The lowest BCUT2D eigenvalue weighted by Crippen LogP contribution is -2.60. The molecule has 108 valence electrons. The van der Waals surface area contributed by atoms with Crippen molar-refractivity contribution in [3.63, 3.8) is 0 Å². The van der Waals surface area contributed by atoms with Gasteiger partial charge in [0.15, 0.2) is 0 Å². The van der Waals surface area contributed by atoms with Crippen LogP contribution in [-0.4, -0.2) is 23.7 Å². The van der Waals surface area contributed by atoms with Gasteiger partial charge < -0.3 is 10.4 Å². The zero-order chi connectivity index (χ0) is 13.9. The molecule has 0 aromatic rings. The number of amides is 1. The smallest absolute Gasteiger partial charge is 0.226 e. The van der Waals surface area contributed by atoms with Gasteiger partial charge in [-0.1, -0.05) is 13.8 Å². The summed E-state index contributed by atoms with van der Waals surface area (Å²) >= 11 is 0. The second kappa shape index (κ2) is 3.97. The molecule has 2 N–H and O–H groups in total. The summed E-state index contributed by atoms with van der Waals surface area (Å²) in [4.78, 5) is 12.7. The monoisotopic (exact) mass is 265 g/mol. The molecule has 3 heteroatoms. The summed E-state index contributed by atoms with van der Waals surface area (Å²) in [5.41, 5.74) is 0.602. The van der Waals surface area contributed by atoms with E-state index in [1.165, 1.54) is 19.3 Å². The number of carbonyl (C=O) groups is 1. The van der Waals surface area contributed by atoms with Crippen molar-refractivity contribution in [2.45, 2.75) is 65.4 Å². The lowest BCUT2D eigenvalue weighted by atomic mass is 9.40. The molecule has 3 nitrogen and oxygen atoms in total. The van der Waals surface area contributed by atoms with Gasteiger partial charge in [-0.25, -0.2) is 0 Å². The van der Waals surface area contributed by atoms with Crippen molar-refractivity contribution >= 4 is 5.91 Å². The van der Waals surface area contributed by atoms with Crippen LogP contribution in [-0.2, 0) is 4.79 Å². The molecular formula is C16H27NO2. The van der Waals surface area contributed by atoms with Gasteiger partial charge in [0.05, 0.1) is 11.5 Å². The predicted molar refractivity (Wildman–Crippen MR) is 74.5 cm³/mol. The Kier molecular flexibility index (Phi) is 2.80. The first-order chi connectivity index (χ1) is 8.74. The summed E-state index contributed by atoms with van der Waals surface area (Å²) in [7, 11) is 0. The highest BCUT2D eigenvalue weighted by atomic mass is 16.3. The summed E-state index contributed by atoms with van der Waals surface area (Å²) in [6, 6.07) is 0. The minimum Gasteiger partial charge on any atom is -0.392 e. The molecule has 4 fully saturated rings. The van der Waals surface area contributed by atoms with E-state index < -0.39 is 6.10 Å². The summed E-state index contributed by atoms with van der Waals surface area (Å²) < 4.78 is 0. The molecule has 4 saturated carbocycles. The fourth-order valence-electron chi connectivity index (χ4n) is 6.13. The van der Waals surface area contributed by atoms with Crippen molar-refractivity contribution in [1.82, 2.24) is 5.32 Å². The average molecular weight is 265 g/mol. The number of aliphatic hydroxyl groups excluding tert-OH is 1. The van der Waals surface area contributed by atoms with E-state index in [4.69, 9.17) is 0 Å². The van der Waals surface area contributed by atoms with Crippen molar-refractivity contribution in [1.29, 1.82) is 0 Å². The van der Waals surface area contributed by atoms with Crippen molar-refractivity contribution < 1.29 is 9.90 Å². The number of carbonyl (C=O) groups excluding carboxylic acids is 1. The second-order valence-corrected chi connectivity index (χ2v) is 8.47. The molecule has 3 atom stereocenters. The van der Waals surface area contributed by atoms with E-state index in [0.717, 1.165) is 25.2 Å². The third-order valence-electron chi connectivity index (χ3n) is 5.67. The van der Waals surface area contributed by atoms with Crippen LogP contribution in [0.2, 0.25) is 0 Å². The van der Waals surface area contributed by atoms with Crippen molar-refractivity contribution in [2.24, 2.45) is 22.2 Å². The number of aliphatic hydroxyl groups is 1. The minimum absolute atomic E-state index is 0.141. The fraction of sp³-hybridized carbons (Fsp3) is 0.938. The summed E-state index contributed by atoms with van der Waals surface area (Å²) in [5, 5.41) is 12.4. The zero-order valence-corrected chi connectivity index (χ0v) is 12.5. The van der Waals surface area contributed by atoms with Crippen LogP contribution >= 0.6 is 0 Å². The third kappa shape index (κ3) is 2.20. The Morgan fingerprint density at radius 1 is 1.21 bits per heavy atom. The molecule has 0 saturated heterocycles. The van der Waals surface area contributed by atoms with Gasteiger partial charge in [0.25, 0.3) is 0 Å². The Bertz CT molecular complexity index is 386. The molecule has 1 amide bonds. The minimum atomic E-state index is -0.455. The van der Waals surface area contributed by atoms with Gasteiger partial charge in [-0.15, -0.1) is 0 Å². The lowest BCUT2D eigenvalue weighted by Gasteiger charge is -2.64. The quantitative estimate of drug-likeness (QED) is 0.823. The van der Waals surface area contributed by atoms with Crippen molar-refractivity contribution in [3.8, 4) is 0 Å². The Hall–Kier alpha value is -0.570. The van der Waals surface area contributed by atoms with Crippen molar-refractivity contribution in [2.75, 3.05) is 6.54 Å². The van der Waals surface area contributed by atoms with Gasteiger partial charge >= 0.3 is 0 Å². The van der Waals surface area contributed by atoms with E-state index in [1.54, 1.807) is 6.92 Å². The molecule has 0 spiro atoms. The molecule has 0 aliphatic heterocycles. The average Bonchev–Trinajstić information content (AvgIpc) is 2.20. The Labute approximate surface area is 116 Å². The van der Waals surface area contributed by atoms with Gasteiger partial charge in [0.2, 0.25) is 5.91 Å². The maximum atomic E-state index is 12.7. The molecule has 0 aromatic heterocycles. The molecule has 2 unspecified atom stereocenters. The van der Waals surface area contributed by atoms with Crippen LogP contribution in [0.3, 0.4) is 0 Å². The van der Waals surface area contributed by atoms with E-state index in [0.29, 0.717) is 17.4 Å². The predicted octanol–water partition coefficient (Wildman–Crippen LogP) is 2.48. The zero-order valence-electron chi connectivity index (χ0n) is 12.5. The first-order valence-corrected chi connectivity index (χ1v) is 7.71. The van der Waals surface area contributed by atoms with E-state index in [1.807, 2.05) is 0 Å². The molecule has 0 heterocycles. The first-order valence-electron chi connectivity index (χ1n) is 7.71. The van der Waals surface area contributed by atoms with Crippen LogP contribution in [0.1, 0.15) is 59.3 Å². The Balaban J connectivity index is 1.82. The maximum absolute atomic E-state index is 12.7. The molecule has 0 radical (unpaired) electrons. The fourth-order valence-corrected chi connectivity index (χ4v) is 6.13. The van der Waals surface area contributed by atoms with Crippen molar-refractivity contribution in [3.05, 3.63) is 0 Å². The highest BCUT2D eigenvalue weighted by molar-refractivity contribution is 5.83. The van der Waals surface area contributed by atoms with Crippen LogP contribution in [0.5, 0.6) is 0 Å². The maximum Gasteiger partial charge on any atom is 0.226 e. The molecule has 4 bridgehead atoms. The van der Waals surface area contributed by atoms with Crippen LogP contribution in [0, 0.1) is 22.2 Å². The number of hydrogen-bond acceptors (Lipinski definition) is 2. The molecule has 0 aromatic carbocycles. The van der Waals surface area contributed by atoms with Gasteiger partial charge in [-0.05, 0) is 62.2 Å². The molecular weight excluding hydrogens is 238 g/mol. The molecule has 4 rings (SSSR count). The number of nitrogens with one attached hydrogen (secondary N) is 1. The van der Waals surface area contributed by atoms with Crippen LogP contribution < -0.4 is 5.32 Å². The van der Waals surface area contributed by atoms with Gasteiger partial charge in [0.1, 0.15) is 0 Å². The van der Waals surface area contributed by atoms with Gasteiger partial charge in [-0.2, -0.15) is 0 Å². The molecule has 4 aliphatic carbocycles. The topological polar surface area (TPSA) is 49.3 Å².